The highest BCUT2D eigenvalue weighted by Gasteiger charge is 2.20. The molecule has 134 valence electrons. The molecule has 2 heterocycles. The molecule has 1 saturated heterocycles. The Hall–Kier alpha value is -0.780. The number of rotatable bonds is 5. The molecule has 0 saturated carbocycles. The number of halogens is 3. The summed E-state index contributed by atoms with van der Waals surface area (Å²) >= 11 is 6.02. The molecular weight excluding hydrogens is 369 g/mol. The Balaban J connectivity index is 0.00000144. The molecule has 2 aromatic rings. The summed E-state index contributed by atoms with van der Waals surface area (Å²) < 4.78 is 5.89. The lowest BCUT2D eigenvalue weighted by Crippen LogP contribution is -2.35. The first-order chi connectivity index (χ1) is 10.7. The van der Waals surface area contributed by atoms with Crippen LogP contribution < -0.4 is 5.73 Å². The summed E-state index contributed by atoms with van der Waals surface area (Å²) in [5.41, 5.74) is 6.64. The number of benzene rings is 1. The van der Waals surface area contributed by atoms with E-state index in [9.17, 15) is 0 Å². The van der Waals surface area contributed by atoms with Crippen molar-refractivity contribution in [2.45, 2.75) is 25.8 Å². The van der Waals surface area contributed by atoms with Crippen LogP contribution in [-0.4, -0.2) is 29.5 Å². The van der Waals surface area contributed by atoms with E-state index in [1.54, 1.807) is 6.20 Å². The number of oxazole rings is 1. The van der Waals surface area contributed by atoms with Crippen molar-refractivity contribution in [1.29, 1.82) is 0 Å². The first kappa shape index (κ1) is 21.3. The van der Waals surface area contributed by atoms with Crippen molar-refractivity contribution in [3.05, 3.63) is 41.4 Å². The molecule has 1 aliphatic heterocycles. The van der Waals surface area contributed by atoms with Crippen molar-refractivity contribution in [1.82, 2.24) is 9.88 Å². The lowest BCUT2D eigenvalue weighted by molar-refractivity contribution is 0.151. The molecule has 1 fully saturated rings. The molecule has 0 bridgehead atoms. The number of piperidine rings is 1. The zero-order valence-electron chi connectivity index (χ0n) is 13.5. The SMILES string of the molecule is Cl.Cl.NCCC1CCCN(Cc2ncc(-c3cccc(Cl)c3)o2)C1. The molecule has 2 N–H and O–H groups in total. The number of hydrogen-bond acceptors (Lipinski definition) is 4. The van der Waals surface area contributed by atoms with Gasteiger partial charge >= 0.3 is 0 Å². The van der Waals surface area contributed by atoms with Gasteiger partial charge in [0.25, 0.3) is 0 Å². The van der Waals surface area contributed by atoms with Gasteiger partial charge in [0.15, 0.2) is 5.76 Å². The smallest absolute Gasteiger partial charge is 0.209 e. The molecule has 7 heteroatoms. The molecular formula is C17H24Cl3N3O. The molecule has 1 atom stereocenters. The summed E-state index contributed by atoms with van der Waals surface area (Å²) in [6.45, 7) is 3.74. The molecule has 1 unspecified atom stereocenters. The molecule has 1 aromatic heterocycles. The fourth-order valence-electron chi connectivity index (χ4n) is 3.12. The van der Waals surface area contributed by atoms with E-state index in [0.29, 0.717) is 10.9 Å². The lowest BCUT2D eigenvalue weighted by Gasteiger charge is -2.31. The van der Waals surface area contributed by atoms with E-state index in [0.717, 1.165) is 49.8 Å². The Bertz CT molecular complexity index is 619. The molecule has 24 heavy (non-hydrogen) atoms. The van der Waals surface area contributed by atoms with Crippen LogP contribution in [0.25, 0.3) is 11.3 Å². The van der Waals surface area contributed by atoms with Gasteiger partial charge in [-0.15, -0.1) is 24.8 Å². The number of nitrogens with two attached hydrogens (primary N) is 1. The minimum absolute atomic E-state index is 0. The first-order valence-electron chi connectivity index (χ1n) is 7.87. The van der Waals surface area contributed by atoms with Gasteiger partial charge in [-0.25, -0.2) is 4.98 Å². The van der Waals surface area contributed by atoms with Crippen LogP contribution in [-0.2, 0) is 6.54 Å². The predicted octanol–water partition coefficient (Wildman–Crippen LogP) is 4.40. The third-order valence-corrected chi connectivity index (χ3v) is 4.43. The maximum Gasteiger partial charge on any atom is 0.209 e. The van der Waals surface area contributed by atoms with Gasteiger partial charge in [-0.3, -0.25) is 4.90 Å². The molecule has 1 aliphatic rings. The predicted molar refractivity (Wildman–Crippen MR) is 103 cm³/mol. The highest BCUT2D eigenvalue weighted by atomic mass is 35.5. The number of hydrogen-bond donors (Lipinski definition) is 1. The zero-order chi connectivity index (χ0) is 15.4. The van der Waals surface area contributed by atoms with Crippen molar-refractivity contribution in [3.8, 4) is 11.3 Å². The van der Waals surface area contributed by atoms with Gasteiger partial charge in [0.1, 0.15) is 0 Å². The second-order valence-electron chi connectivity index (χ2n) is 5.95. The zero-order valence-corrected chi connectivity index (χ0v) is 15.9. The standard InChI is InChI=1S/C17H22ClN3O.2ClH/c18-15-5-1-4-14(9-15)16-10-20-17(22-16)12-21-8-2-3-13(11-21)6-7-19;;/h1,4-5,9-10,13H,2-3,6-8,11-12,19H2;2*1H. The van der Waals surface area contributed by atoms with Gasteiger partial charge in [-0.1, -0.05) is 23.7 Å². The fraction of sp³-hybridized carbons (Fsp3) is 0.471. The topological polar surface area (TPSA) is 55.3 Å². The van der Waals surface area contributed by atoms with Crippen LogP contribution in [0.1, 0.15) is 25.2 Å². The Kier molecular flexibility index (Phi) is 9.09. The Morgan fingerprint density at radius 2 is 2.17 bits per heavy atom. The largest absolute Gasteiger partial charge is 0.439 e. The number of aromatic nitrogens is 1. The van der Waals surface area contributed by atoms with Crippen LogP contribution in [0.3, 0.4) is 0 Å². The average molecular weight is 393 g/mol. The van der Waals surface area contributed by atoms with Gasteiger partial charge in [0, 0.05) is 17.1 Å². The minimum Gasteiger partial charge on any atom is -0.439 e. The summed E-state index contributed by atoms with van der Waals surface area (Å²) in [4.78, 5) is 6.83. The average Bonchev–Trinajstić information content (AvgIpc) is 2.96. The van der Waals surface area contributed by atoms with Crippen molar-refractivity contribution in [2.75, 3.05) is 19.6 Å². The van der Waals surface area contributed by atoms with Crippen LogP contribution in [0, 0.1) is 5.92 Å². The van der Waals surface area contributed by atoms with Crippen LogP contribution in [0.5, 0.6) is 0 Å². The van der Waals surface area contributed by atoms with Gasteiger partial charge in [0.05, 0.1) is 12.7 Å². The second kappa shape index (κ2) is 10.3. The Morgan fingerprint density at radius 3 is 2.92 bits per heavy atom. The third kappa shape index (κ3) is 5.64. The Morgan fingerprint density at radius 1 is 1.33 bits per heavy atom. The molecule has 0 radical (unpaired) electrons. The highest BCUT2D eigenvalue weighted by Crippen LogP contribution is 2.25. The van der Waals surface area contributed by atoms with Gasteiger partial charge in [-0.2, -0.15) is 0 Å². The fourth-order valence-corrected chi connectivity index (χ4v) is 3.31. The second-order valence-corrected chi connectivity index (χ2v) is 6.39. The summed E-state index contributed by atoms with van der Waals surface area (Å²) in [5.74, 6) is 2.25. The molecule has 1 aromatic carbocycles. The van der Waals surface area contributed by atoms with E-state index in [1.807, 2.05) is 24.3 Å². The van der Waals surface area contributed by atoms with Crippen LogP contribution in [0.4, 0.5) is 0 Å². The first-order valence-corrected chi connectivity index (χ1v) is 8.25. The molecule has 0 spiro atoms. The van der Waals surface area contributed by atoms with Crippen molar-refractivity contribution < 1.29 is 4.42 Å². The van der Waals surface area contributed by atoms with Gasteiger partial charge in [0.2, 0.25) is 5.89 Å². The van der Waals surface area contributed by atoms with Gasteiger partial charge < -0.3 is 10.2 Å². The molecule has 3 rings (SSSR count). The lowest BCUT2D eigenvalue weighted by atomic mass is 9.95. The van der Waals surface area contributed by atoms with Crippen molar-refractivity contribution in [2.24, 2.45) is 11.7 Å². The maximum absolute atomic E-state index is 6.02. The monoisotopic (exact) mass is 391 g/mol. The van der Waals surface area contributed by atoms with Crippen LogP contribution in [0.15, 0.2) is 34.9 Å². The molecule has 0 aliphatic carbocycles. The normalized spacial score (nSPS) is 17.8. The van der Waals surface area contributed by atoms with E-state index in [4.69, 9.17) is 21.8 Å². The van der Waals surface area contributed by atoms with E-state index in [1.165, 1.54) is 12.8 Å². The molecule has 0 amide bonds. The van der Waals surface area contributed by atoms with E-state index < -0.39 is 0 Å². The van der Waals surface area contributed by atoms with Crippen molar-refractivity contribution in [3.63, 3.8) is 0 Å². The number of likely N-dealkylation sites (tertiary alicyclic amines) is 1. The minimum atomic E-state index is 0. The maximum atomic E-state index is 6.02. The van der Waals surface area contributed by atoms with E-state index in [-0.39, 0.29) is 24.8 Å². The van der Waals surface area contributed by atoms with E-state index in [2.05, 4.69) is 9.88 Å². The Labute approximate surface area is 160 Å². The summed E-state index contributed by atoms with van der Waals surface area (Å²) in [5, 5.41) is 0.705. The molecule has 4 nitrogen and oxygen atoms in total. The van der Waals surface area contributed by atoms with Crippen LogP contribution in [0.2, 0.25) is 5.02 Å². The van der Waals surface area contributed by atoms with Crippen LogP contribution >= 0.6 is 36.4 Å². The third-order valence-electron chi connectivity index (χ3n) is 4.20. The van der Waals surface area contributed by atoms with Gasteiger partial charge in [-0.05, 0) is 50.4 Å². The summed E-state index contributed by atoms with van der Waals surface area (Å²) in [7, 11) is 0. The van der Waals surface area contributed by atoms with E-state index >= 15 is 0 Å². The number of nitrogens with zero attached hydrogens (tertiary/aromatic N) is 2. The van der Waals surface area contributed by atoms with Crippen molar-refractivity contribution >= 4 is 36.4 Å². The highest BCUT2D eigenvalue weighted by molar-refractivity contribution is 6.30. The quantitative estimate of drug-likeness (QED) is 0.819. The summed E-state index contributed by atoms with van der Waals surface area (Å²) in [6.07, 6.45) is 5.40. The summed E-state index contributed by atoms with van der Waals surface area (Å²) in [6, 6.07) is 7.65.